The van der Waals surface area contributed by atoms with Crippen molar-refractivity contribution in [3.8, 4) is 28.4 Å². The Hall–Kier alpha value is -3.44. The lowest BCUT2D eigenvalue weighted by molar-refractivity contribution is 0.481. The molecule has 0 atom stereocenters. The summed E-state index contributed by atoms with van der Waals surface area (Å²) in [7, 11) is 0. The van der Waals surface area contributed by atoms with Gasteiger partial charge in [-0.1, -0.05) is 29.8 Å². The van der Waals surface area contributed by atoms with Gasteiger partial charge in [-0.2, -0.15) is 0 Å². The number of aromatic hydroxyl groups is 1. The molecule has 0 amide bonds. The molecule has 4 aromatic rings. The van der Waals surface area contributed by atoms with Gasteiger partial charge in [0.15, 0.2) is 0 Å². The van der Waals surface area contributed by atoms with E-state index in [9.17, 15) is 9.90 Å². The van der Waals surface area contributed by atoms with Crippen molar-refractivity contribution in [2.24, 2.45) is 0 Å². The Morgan fingerprint density at radius 2 is 1.70 bits per heavy atom. The minimum Gasteiger partial charge on any atom is -0.506 e. The lowest BCUT2D eigenvalue weighted by Gasteiger charge is -2.10. The zero-order valence-electron chi connectivity index (χ0n) is 14.1. The van der Waals surface area contributed by atoms with Crippen LogP contribution in [-0.4, -0.2) is 10.1 Å². The Bertz CT molecular complexity index is 1220. The lowest BCUT2D eigenvalue weighted by Crippen LogP contribution is -2.09. The van der Waals surface area contributed by atoms with Crippen molar-refractivity contribution >= 4 is 28.2 Å². The fourth-order valence-electron chi connectivity index (χ4n) is 2.95. The number of hydrogen-bond donors (Lipinski definition) is 3. The minimum atomic E-state index is -0.414. The maximum absolute atomic E-state index is 12.6. The van der Waals surface area contributed by atoms with Gasteiger partial charge in [0.25, 0.3) is 5.56 Å². The second-order valence-corrected chi connectivity index (χ2v) is 6.51. The molecule has 4 N–H and O–H groups in total. The predicted molar refractivity (Wildman–Crippen MR) is 108 cm³/mol. The van der Waals surface area contributed by atoms with E-state index in [1.165, 1.54) is 0 Å². The average Bonchev–Trinajstić information content (AvgIpc) is 2.62. The van der Waals surface area contributed by atoms with Crippen LogP contribution in [-0.2, 0) is 0 Å². The summed E-state index contributed by atoms with van der Waals surface area (Å²) < 4.78 is 5.81. The summed E-state index contributed by atoms with van der Waals surface area (Å²) in [6, 6.07) is 18.9. The van der Waals surface area contributed by atoms with E-state index in [-0.39, 0.29) is 11.3 Å². The normalized spacial score (nSPS) is 10.9. The number of benzene rings is 3. The van der Waals surface area contributed by atoms with Gasteiger partial charge in [-0.25, -0.2) is 0 Å². The van der Waals surface area contributed by atoms with Crippen LogP contribution in [0.1, 0.15) is 0 Å². The van der Waals surface area contributed by atoms with Gasteiger partial charge in [0.2, 0.25) is 0 Å². The molecular weight excluding hydrogens is 364 g/mol. The van der Waals surface area contributed by atoms with Crippen LogP contribution in [0.4, 0.5) is 5.69 Å². The van der Waals surface area contributed by atoms with Crippen LogP contribution in [0.5, 0.6) is 17.2 Å². The summed E-state index contributed by atoms with van der Waals surface area (Å²) in [6.07, 6.45) is 0. The molecule has 1 aromatic heterocycles. The number of H-pyrrole nitrogens is 1. The predicted octanol–water partition coefficient (Wildman–Crippen LogP) is 4.93. The third kappa shape index (κ3) is 3.32. The molecule has 0 aliphatic carbocycles. The Morgan fingerprint density at radius 3 is 2.48 bits per heavy atom. The molecule has 0 radical (unpaired) electrons. The number of nitrogen functional groups attached to an aromatic ring is 1. The molecule has 0 saturated carbocycles. The maximum atomic E-state index is 12.6. The quantitative estimate of drug-likeness (QED) is 0.441. The number of aromatic nitrogens is 1. The molecule has 4 rings (SSSR count). The molecule has 5 nitrogen and oxygen atoms in total. The molecule has 0 spiro atoms. The SMILES string of the molecule is Nc1cccc(Oc2cccc(-c3c(O)c4ccc(Cl)cc4[nH]c3=O)c2)c1. The summed E-state index contributed by atoms with van der Waals surface area (Å²) >= 11 is 5.96. The molecule has 0 saturated heterocycles. The zero-order chi connectivity index (χ0) is 19.0. The van der Waals surface area contributed by atoms with E-state index >= 15 is 0 Å². The first kappa shape index (κ1) is 17.0. The summed E-state index contributed by atoms with van der Waals surface area (Å²) in [6.45, 7) is 0. The third-order valence-electron chi connectivity index (χ3n) is 4.17. The molecule has 6 heteroatoms. The molecule has 1 heterocycles. The molecule has 27 heavy (non-hydrogen) atoms. The molecule has 0 aliphatic rings. The van der Waals surface area contributed by atoms with Crippen molar-refractivity contribution in [2.75, 3.05) is 5.73 Å². The second kappa shape index (κ2) is 6.70. The van der Waals surface area contributed by atoms with Crippen molar-refractivity contribution in [2.45, 2.75) is 0 Å². The number of nitrogens with two attached hydrogens (primary N) is 1. The Morgan fingerprint density at radius 1 is 0.963 bits per heavy atom. The number of hydrogen-bond acceptors (Lipinski definition) is 4. The van der Waals surface area contributed by atoms with Gasteiger partial charge < -0.3 is 20.6 Å². The monoisotopic (exact) mass is 378 g/mol. The van der Waals surface area contributed by atoms with Crippen LogP contribution < -0.4 is 16.0 Å². The van der Waals surface area contributed by atoms with Gasteiger partial charge >= 0.3 is 0 Å². The van der Waals surface area contributed by atoms with E-state index in [4.69, 9.17) is 22.1 Å². The van der Waals surface area contributed by atoms with Crippen LogP contribution >= 0.6 is 11.6 Å². The smallest absolute Gasteiger partial charge is 0.260 e. The summed E-state index contributed by atoms with van der Waals surface area (Å²) in [5.41, 5.74) is 7.12. The van der Waals surface area contributed by atoms with E-state index in [2.05, 4.69) is 4.98 Å². The second-order valence-electron chi connectivity index (χ2n) is 6.07. The molecule has 3 aromatic carbocycles. The highest BCUT2D eigenvalue weighted by atomic mass is 35.5. The maximum Gasteiger partial charge on any atom is 0.260 e. The fraction of sp³-hybridized carbons (Fsp3) is 0. The van der Waals surface area contributed by atoms with Gasteiger partial charge in [0.05, 0.1) is 11.1 Å². The van der Waals surface area contributed by atoms with E-state index < -0.39 is 5.56 Å². The number of nitrogens with one attached hydrogen (secondary N) is 1. The van der Waals surface area contributed by atoms with Gasteiger partial charge in [-0.3, -0.25) is 4.79 Å². The third-order valence-corrected chi connectivity index (χ3v) is 4.40. The fourth-order valence-corrected chi connectivity index (χ4v) is 3.12. The number of fused-ring (bicyclic) bond motifs is 1. The van der Waals surface area contributed by atoms with Gasteiger partial charge in [0, 0.05) is 22.2 Å². The summed E-state index contributed by atoms with van der Waals surface area (Å²) in [4.78, 5) is 15.3. The zero-order valence-corrected chi connectivity index (χ0v) is 14.8. The molecule has 0 unspecified atom stereocenters. The highest BCUT2D eigenvalue weighted by Crippen LogP contribution is 2.35. The van der Waals surface area contributed by atoms with Crippen molar-refractivity contribution in [1.82, 2.24) is 4.98 Å². The highest BCUT2D eigenvalue weighted by Gasteiger charge is 2.15. The molecular formula is C21H15ClN2O3. The summed E-state index contributed by atoms with van der Waals surface area (Å²) in [5.74, 6) is 0.998. The standard InChI is InChI=1S/C21H15ClN2O3/c22-13-7-8-17-18(10-13)24-21(26)19(20(17)25)12-3-1-5-15(9-12)27-16-6-2-4-14(23)11-16/h1-11H,23H2,(H2,24,25,26). The Labute approximate surface area is 159 Å². The first-order chi connectivity index (χ1) is 13.0. The van der Waals surface area contributed by atoms with E-state index in [0.717, 1.165) is 0 Å². The first-order valence-electron chi connectivity index (χ1n) is 8.19. The number of pyridine rings is 1. The van der Waals surface area contributed by atoms with Crippen LogP contribution in [0.2, 0.25) is 5.02 Å². The number of halogens is 1. The summed E-state index contributed by atoms with van der Waals surface area (Å²) in [5, 5.41) is 11.7. The van der Waals surface area contributed by atoms with Crippen LogP contribution in [0.25, 0.3) is 22.0 Å². The van der Waals surface area contributed by atoms with Gasteiger partial charge in [0.1, 0.15) is 17.2 Å². The van der Waals surface area contributed by atoms with Crippen molar-refractivity contribution in [3.63, 3.8) is 0 Å². The molecule has 0 aliphatic heterocycles. The number of anilines is 1. The van der Waals surface area contributed by atoms with E-state index in [1.54, 1.807) is 66.7 Å². The topological polar surface area (TPSA) is 88.3 Å². The van der Waals surface area contributed by atoms with Crippen molar-refractivity contribution in [3.05, 3.63) is 82.1 Å². The van der Waals surface area contributed by atoms with Gasteiger partial charge in [-0.15, -0.1) is 0 Å². The van der Waals surface area contributed by atoms with Gasteiger partial charge in [-0.05, 0) is 48.0 Å². The average molecular weight is 379 g/mol. The number of ether oxygens (including phenoxy) is 1. The van der Waals surface area contributed by atoms with Crippen molar-refractivity contribution in [1.29, 1.82) is 0 Å². The largest absolute Gasteiger partial charge is 0.506 e. The van der Waals surface area contributed by atoms with Crippen LogP contribution in [0, 0.1) is 0 Å². The first-order valence-corrected chi connectivity index (χ1v) is 8.57. The molecule has 0 bridgehead atoms. The Balaban J connectivity index is 1.80. The Kier molecular flexibility index (Phi) is 4.22. The number of rotatable bonds is 3. The van der Waals surface area contributed by atoms with Crippen molar-refractivity contribution < 1.29 is 9.84 Å². The molecule has 134 valence electrons. The number of aromatic amines is 1. The van der Waals surface area contributed by atoms with Crippen LogP contribution in [0.15, 0.2) is 71.5 Å². The van der Waals surface area contributed by atoms with E-state index in [0.29, 0.717) is 38.7 Å². The minimum absolute atomic E-state index is 0.105. The van der Waals surface area contributed by atoms with Crippen LogP contribution in [0.3, 0.4) is 0 Å². The molecule has 0 fully saturated rings. The lowest BCUT2D eigenvalue weighted by atomic mass is 10.0. The van der Waals surface area contributed by atoms with E-state index in [1.807, 2.05) is 0 Å². The highest BCUT2D eigenvalue weighted by molar-refractivity contribution is 6.31.